The van der Waals surface area contributed by atoms with Gasteiger partial charge in [-0.25, -0.2) is 4.98 Å². The quantitative estimate of drug-likeness (QED) is 0.723. The number of amides is 2. The molecule has 0 aliphatic carbocycles. The van der Waals surface area contributed by atoms with E-state index in [-0.39, 0.29) is 11.8 Å². The smallest absolute Gasteiger partial charge is 0.272 e. The van der Waals surface area contributed by atoms with E-state index in [4.69, 9.17) is 0 Å². The van der Waals surface area contributed by atoms with Crippen molar-refractivity contribution < 1.29 is 9.59 Å². The van der Waals surface area contributed by atoms with Crippen molar-refractivity contribution >= 4 is 17.5 Å². The van der Waals surface area contributed by atoms with E-state index in [1.807, 2.05) is 28.0 Å². The summed E-state index contributed by atoms with van der Waals surface area (Å²) in [4.78, 5) is 36.1. The van der Waals surface area contributed by atoms with Gasteiger partial charge in [0, 0.05) is 45.0 Å². The van der Waals surface area contributed by atoms with Crippen molar-refractivity contribution in [3.05, 3.63) is 59.9 Å². The van der Waals surface area contributed by atoms with Crippen LogP contribution in [-0.2, 0) is 0 Å². The second-order valence-corrected chi connectivity index (χ2v) is 7.32. The molecule has 0 unspecified atom stereocenters. The Kier molecular flexibility index (Phi) is 7.22. The van der Waals surface area contributed by atoms with Gasteiger partial charge in [0.2, 0.25) is 0 Å². The summed E-state index contributed by atoms with van der Waals surface area (Å²) in [7, 11) is 0. The molecule has 0 bridgehead atoms. The average Bonchev–Trinajstić information content (AvgIpc) is 2.79. The SMILES string of the molecule is CCCN(CCC)C(=O)c1cccc(C(=O)N2CCN(c3ccccc3)CC2)n1. The fraction of sp³-hybridized carbons (Fsp3) is 0.435. The van der Waals surface area contributed by atoms with Crippen LogP contribution in [0.1, 0.15) is 47.7 Å². The van der Waals surface area contributed by atoms with Crippen LogP contribution in [-0.4, -0.2) is 65.9 Å². The van der Waals surface area contributed by atoms with Gasteiger partial charge in [0.05, 0.1) is 0 Å². The number of benzene rings is 1. The molecule has 6 heteroatoms. The van der Waals surface area contributed by atoms with Crippen LogP contribution in [0.5, 0.6) is 0 Å². The Balaban J connectivity index is 1.66. The number of pyridine rings is 1. The molecule has 6 nitrogen and oxygen atoms in total. The first-order valence-electron chi connectivity index (χ1n) is 10.5. The lowest BCUT2D eigenvalue weighted by Crippen LogP contribution is -2.49. The first-order valence-corrected chi connectivity index (χ1v) is 10.5. The second-order valence-electron chi connectivity index (χ2n) is 7.32. The highest BCUT2D eigenvalue weighted by molar-refractivity contribution is 5.96. The minimum atomic E-state index is -0.107. The zero-order valence-electron chi connectivity index (χ0n) is 17.4. The number of anilines is 1. The van der Waals surface area contributed by atoms with E-state index < -0.39 is 0 Å². The summed E-state index contributed by atoms with van der Waals surface area (Å²) in [5.41, 5.74) is 1.87. The highest BCUT2D eigenvalue weighted by Gasteiger charge is 2.24. The van der Waals surface area contributed by atoms with Crippen LogP contribution >= 0.6 is 0 Å². The molecule has 1 aliphatic rings. The van der Waals surface area contributed by atoms with E-state index in [9.17, 15) is 9.59 Å². The second kappa shape index (κ2) is 10.0. The van der Waals surface area contributed by atoms with Crippen LogP contribution < -0.4 is 4.90 Å². The highest BCUT2D eigenvalue weighted by atomic mass is 16.2. The number of carbonyl (C=O) groups is 2. The molecule has 2 heterocycles. The lowest BCUT2D eigenvalue weighted by molar-refractivity contribution is 0.0736. The predicted octanol–water partition coefficient (Wildman–Crippen LogP) is 3.31. The van der Waals surface area contributed by atoms with E-state index >= 15 is 0 Å². The summed E-state index contributed by atoms with van der Waals surface area (Å²) in [5.74, 6) is -0.206. The third kappa shape index (κ3) is 5.13. The lowest BCUT2D eigenvalue weighted by atomic mass is 10.2. The lowest BCUT2D eigenvalue weighted by Gasteiger charge is -2.36. The van der Waals surface area contributed by atoms with Gasteiger partial charge < -0.3 is 14.7 Å². The fourth-order valence-corrected chi connectivity index (χ4v) is 3.66. The number of carbonyl (C=O) groups excluding carboxylic acids is 2. The van der Waals surface area contributed by atoms with Crippen molar-refractivity contribution in [3.63, 3.8) is 0 Å². The molecule has 1 aromatic carbocycles. The van der Waals surface area contributed by atoms with Crippen molar-refractivity contribution in [2.75, 3.05) is 44.2 Å². The summed E-state index contributed by atoms with van der Waals surface area (Å²) in [6.07, 6.45) is 1.80. The van der Waals surface area contributed by atoms with Crippen molar-refractivity contribution in [2.24, 2.45) is 0 Å². The van der Waals surface area contributed by atoms with Gasteiger partial charge in [0.15, 0.2) is 0 Å². The summed E-state index contributed by atoms with van der Waals surface area (Å²) >= 11 is 0. The molecule has 3 rings (SSSR count). The van der Waals surface area contributed by atoms with E-state index in [2.05, 4.69) is 35.9 Å². The largest absolute Gasteiger partial charge is 0.368 e. The molecule has 154 valence electrons. The Labute approximate surface area is 173 Å². The summed E-state index contributed by atoms with van der Waals surface area (Å²) in [6.45, 7) is 8.37. The number of aromatic nitrogens is 1. The minimum Gasteiger partial charge on any atom is -0.368 e. The maximum atomic E-state index is 13.0. The van der Waals surface area contributed by atoms with E-state index in [0.29, 0.717) is 37.6 Å². The highest BCUT2D eigenvalue weighted by Crippen LogP contribution is 2.17. The number of hydrogen-bond donors (Lipinski definition) is 0. The first kappa shape index (κ1) is 20.8. The van der Waals surface area contributed by atoms with Gasteiger partial charge in [0.1, 0.15) is 11.4 Å². The van der Waals surface area contributed by atoms with Gasteiger partial charge in [-0.05, 0) is 37.1 Å². The Morgan fingerprint density at radius 1 is 0.862 bits per heavy atom. The van der Waals surface area contributed by atoms with E-state index in [0.717, 1.165) is 25.9 Å². The van der Waals surface area contributed by atoms with Crippen molar-refractivity contribution in [3.8, 4) is 0 Å². The molecule has 1 fully saturated rings. The van der Waals surface area contributed by atoms with E-state index in [1.165, 1.54) is 5.69 Å². The standard InChI is InChI=1S/C23H30N4O2/c1-3-13-26(14-4-2)22(28)20-11-8-12-21(24-20)23(29)27-17-15-25(16-18-27)19-9-6-5-7-10-19/h5-12H,3-4,13-18H2,1-2H3. The molecule has 1 aliphatic heterocycles. The number of hydrogen-bond acceptors (Lipinski definition) is 4. The van der Waals surface area contributed by atoms with Gasteiger partial charge in [-0.2, -0.15) is 0 Å². The van der Waals surface area contributed by atoms with Gasteiger partial charge in [-0.3, -0.25) is 9.59 Å². The fourth-order valence-electron chi connectivity index (χ4n) is 3.66. The molecule has 0 saturated carbocycles. The normalized spacial score (nSPS) is 14.0. The molecule has 1 saturated heterocycles. The number of piperazine rings is 1. The molecule has 0 atom stereocenters. The molecule has 1 aromatic heterocycles. The summed E-state index contributed by atoms with van der Waals surface area (Å²) in [6, 6.07) is 15.4. The van der Waals surface area contributed by atoms with Crippen molar-refractivity contribution in [2.45, 2.75) is 26.7 Å². The van der Waals surface area contributed by atoms with Crippen molar-refractivity contribution in [1.82, 2.24) is 14.8 Å². The van der Waals surface area contributed by atoms with Gasteiger partial charge >= 0.3 is 0 Å². The minimum absolute atomic E-state index is 0.0998. The number of para-hydroxylation sites is 1. The van der Waals surface area contributed by atoms with Crippen LogP contribution in [0.25, 0.3) is 0 Å². The molecule has 0 radical (unpaired) electrons. The van der Waals surface area contributed by atoms with Crippen LogP contribution in [0.2, 0.25) is 0 Å². The van der Waals surface area contributed by atoms with E-state index in [1.54, 1.807) is 18.2 Å². The summed E-state index contributed by atoms with van der Waals surface area (Å²) < 4.78 is 0. The molecule has 2 amide bonds. The number of rotatable bonds is 7. The van der Waals surface area contributed by atoms with Gasteiger partial charge in [-0.15, -0.1) is 0 Å². The topological polar surface area (TPSA) is 56.8 Å². The molecule has 0 N–H and O–H groups in total. The zero-order chi connectivity index (χ0) is 20.6. The Hall–Kier alpha value is -2.89. The zero-order valence-corrected chi connectivity index (χ0v) is 17.4. The van der Waals surface area contributed by atoms with Crippen molar-refractivity contribution in [1.29, 1.82) is 0 Å². The van der Waals surface area contributed by atoms with Crippen LogP contribution in [0, 0.1) is 0 Å². The van der Waals surface area contributed by atoms with Crippen LogP contribution in [0.15, 0.2) is 48.5 Å². The molecule has 0 spiro atoms. The average molecular weight is 395 g/mol. The maximum absolute atomic E-state index is 13.0. The Morgan fingerprint density at radius 3 is 2.10 bits per heavy atom. The maximum Gasteiger partial charge on any atom is 0.272 e. The monoisotopic (exact) mass is 394 g/mol. The predicted molar refractivity (Wildman–Crippen MR) is 115 cm³/mol. The Morgan fingerprint density at radius 2 is 1.48 bits per heavy atom. The molecular weight excluding hydrogens is 364 g/mol. The van der Waals surface area contributed by atoms with Crippen LogP contribution in [0.4, 0.5) is 5.69 Å². The third-order valence-corrected chi connectivity index (χ3v) is 5.15. The summed E-state index contributed by atoms with van der Waals surface area (Å²) in [5, 5.41) is 0. The van der Waals surface area contributed by atoms with Gasteiger partial charge in [-0.1, -0.05) is 38.1 Å². The molecular formula is C23H30N4O2. The third-order valence-electron chi connectivity index (χ3n) is 5.15. The number of nitrogens with zero attached hydrogens (tertiary/aromatic N) is 4. The molecule has 29 heavy (non-hydrogen) atoms. The van der Waals surface area contributed by atoms with Crippen LogP contribution in [0.3, 0.4) is 0 Å². The first-order chi connectivity index (χ1) is 14.1. The Bertz CT molecular complexity index is 811. The van der Waals surface area contributed by atoms with Gasteiger partial charge in [0.25, 0.3) is 11.8 Å². The molecule has 2 aromatic rings.